The standard InChI is InChI=1S/C13H11I2NO3S/c1-6(2)16-12(18)10(20-13(16)19)4-7-3-8(14)5-9(15)11(7)17/h3-6,17H,1-2H3/b10-4+. The van der Waals surface area contributed by atoms with Gasteiger partial charge in [-0.25, -0.2) is 0 Å². The summed E-state index contributed by atoms with van der Waals surface area (Å²) in [5, 5.41) is 9.77. The average molecular weight is 515 g/mol. The molecule has 0 atom stereocenters. The highest BCUT2D eigenvalue weighted by Crippen LogP contribution is 2.36. The molecule has 0 radical (unpaired) electrons. The molecule has 106 valence electrons. The van der Waals surface area contributed by atoms with Gasteiger partial charge in [0.1, 0.15) is 5.75 Å². The zero-order valence-electron chi connectivity index (χ0n) is 10.7. The molecule has 1 fully saturated rings. The minimum Gasteiger partial charge on any atom is -0.506 e. The number of hydrogen-bond acceptors (Lipinski definition) is 4. The third-order valence-corrected chi connectivity index (χ3v) is 5.01. The molecule has 1 heterocycles. The second-order valence-electron chi connectivity index (χ2n) is 4.47. The molecule has 0 unspecified atom stereocenters. The fourth-order valence-electron chi connectivity index (χ4n) is 1.76. The Balaban J connectivity index is 2.43. The fraction of sp³-hybridized carbons (Fsp3) is 0.231. The van der Waals surface area contributed by atoms with Crippen molar-refractivity contribution >= 4 is 74.2 Å². The van der Waals surface area contributed by atoms with Crippen molar-refractivity contribution < 1.29 is 14.7 Å². The van der Waals surface area contributed by atoms with Gasteiger partial charge in [0.15, 0.2) is 0 Å². The van der Waals surface area contributed by atoms with Crippen LogP contribution in [0.2, 0.25) is 0 Å². The highest BCUT2D eigenvalue weighted by atomic mass is 127. The summed E-state index contributed by atoms with van der Waals surface area (Å²) >= 11 is 5.09. The van der Waals surface area contributed by atoms with E-state index >= 15 is 0 Å². The predicted molar refractivity (Wildman–Crippen MR) is 96.5 cm³/mol. The van der Waals surface area contributed by atoms with Gasteiger partial charge in [0.2, 0.25) is 0 Å². The van der Waals surface area contributed by atoms with E-state index in [0.29, 0.717) is 14.0 Å². The molecule has 1 aliphatic heterocycles. The SMILES string of the molecule is CC(C)N1C(=O)S/C(=C/c2cc(I)cc(I)c2O)C1=O. The summed E-state index contributed by atoms with van der Waals surface area (Å²) in [7, 11) is 0. The molecule has 20 heavy (non-hydrogen) atoms. The monoisotopic (exact) mass is 515 g/mol. The number of thioether (sulfide) groups is 1. The van der Waals surface area contributed by atoms with Crippen molar-refractivity contribution in [3.05, 3.63) is 29.7 Å². The van der Waals surface area contributed by atoms with E-state index in [2.05, 4.69) is 22.6 Å². The molecule has 2 amide bonds. The minimum atomic E-state index is -0.303. The molecule has 0 aliphatic carbocycles. The number of hydrogen-bond donors (Lipinski definition) is 1. The van der Waals surface area contributed by atoms with Crippen molar-refractivity contribution in [2.45, 2.75) is 19.9 Å². The third-order valence-electron chi connectivity index (χ3n) is 2.68. The Morgan fingerprint density at radius 2 is 1.95 bits per heavy atom. The quantitative estimate of drug-likeness (QED) is 0.478. The number of phenolic OH excluding ortho intramolecular Hbond substituents is 1. The summed E-state index contributed by atoms with van der Waals surface area (Å²) in [5.74, 6) is -0.175. The van der Waals surface area contributed by atoms with Crippen LogP contribution in [0.1, 0.15) is 19.4 Å². The van der Waals surface area contributed by atoms with E-state index in [-0.39, 0.29) is 22.9 Å². The first kappa shape index (κ1) is 16.1. The zero-order chi connectivity index (χ0) is 15.0. The van der Waals surface area contributed by atoms with Crippen molar-refractivity contribution in [2.24, 2.45) is 0 Å². The van der Waals surface area contributed by atoms with Crippen LogP contribution in [0.25, 0.3) is 6.08 Å². The van der Waals surface area contributed by atoms with Crippen LogP contribution in [-0.4, -0.2) is 27.2 Å². The summed E-state index contributed by atoms with van der Waals surface area (Å²) in [6.45, 7) is 3.59. The molecule has 1 aromatic rings. The number of nitrogens with zero attached hydrogens (tertiary/aromatic N) is 1. The first-order valence-electron chi connectivity index (χ1n) is 5.76. The van der Waals surface area contributed by atoms with Crippen molar-refractivity contribution in [3.8, 4) is 5.75 Å². The van der Waals surface area contributed by atoms with Crippen molar-refractivity contribution in [1.82, 2.24) is 4.90 Å². The summed E-state index contributed by atoms with van der Waals surface area (Å²) in [6, 6.07) is 3.45. The van der Waals surface area contributed by atoms with Gasteiger partial charge in [-0.1, -0.05) is 0 Å². The number of aromatic hydroxyl groups is 1. The highest BCUT2D eigenvalue weighted by Gasteiger charge is 2.36. The van der Waals surface area contributed by atoms with Crippen LogP contribution in [0.15, 0.2) is 17.0 Å². The van der Waals surface area contributed by atoms with Crippen molar-refractivity contribution in [3.63, 3.8) is 0 Å². The number of imide groups is 1. The normalized spacial score (nSPS) is 17.6. The summed E-state index contributed by atoms with van der Waals surface area (Å²) in [5.41, 5.74) is 0.551. The van der Waals surface area contributed by atoms with Crippen LogP contribution in [0, 0.1) is 7.14 Å². The second kappa shape index (κ2) is 6.22. The molecule has 0 saturated carbocycles. The van der Waals surface area contributed by atoms with Gasteiger partial charge < -0.3 is 5.11 Å². The summed E-state index contributed by atoms with van der Waals surface area (Å²) in [6.07, 6.45) is 1.58. The van der Waals surface area contributed by atoms with E-state index in [4.69, 9.17) is 0 Å². The van der Waals surface area contributed by atoms with Gasteiger partial charge in [-0.05, 0) is 89.0 Å². The number of amides is 2. The highest BCUT2D eigenvalue weighted by molar-refractivity contribution is 14.1. The molecule has 1 aromatic carbocycles. The van der Waals surface area contributed by atoms with E-state index in [9.17, 15) is 14.7 Å². The topological polar surface area (TPSA) is 57.6 Å². The number of carbonyl (C=O) groups is 2. The van der Waals surface area contributed by atoms with E-state index in [0.717, 1.165) is 15.3 Å². The van der Waals surface area contributed by atoms with Gasteiger partial charge in [0.05, 0.1) is 8.48 Å². The average Bonchev–Trinajstić information content (AvgIpc) is 2.60. The maximum Gasteiger partial charge on any atom is 0.293 e. The van der Waals surface area contributed by atoms with E-state index in [1.807, 2.05) is 28.7 Å². The second-order valence-corrected chi connectivity index (χ2v) is 7.87. The first-order valence-corrected chi connectivity index (χ1v) is 8.73. The molecule has 4 nitrogen and oxygen atoms in total. The van der Waals surface area contributed by atoms with Crippen LogP contribution < -0.4 is 0 Å². The Bertz CT molecular complexity index is 628. The molecular weight excluding hydrogens is 504 g/mol. The zero-order valence-corrected chi connectivity index (χ0v) is 15.8. The molecule has 1 N–H and O–H groups in total. The van der Waals surface area contributed by atoms with Crippen molar-refractivity contribution in [2.75, 3.05) is 0 Å². The number of carbonyl (C=O) groups excluding carboxylic acids is 2. The summed E-state index contributed by atoms with van der Waals surface area (Å²) < 4.78 is 1.67. The Hall–Kier alpha value is -0.290. The molecule has 1 aliphatic rings. The largest absolute Gasteiger partial charge is 0.506 e. The molecular formula is C13H11I2NO3S. The predicted octanol–water partition coefficient (Wildman–Crippen LogP) is 4.05. The number of halogens is 2. The van der Waals surface area contributed by atoms with Crippen molar-refractivity contribution in [1.29, 1.82) is 0 Å². The molecule has 2 rings (SSSR count). The Morgan fingerprint density at radius 3 is 2.50 bits per heavy atom. The van der Waals surface area contributed by atoms with Crippen LogP contribution >= 0.6 is 56.9 Å². The lowest BCUT2D eigenvalue weighted by Gasteiger charge is -2.16. The molecule has 0 aromatic heterocycles. The number of phenols is 1. The fourth-order valence-corrected chi connectivity index (χ4v) is 4.60. The number of rotatable bonds is 2. The molecule has 0 spiro atoms. The first-order chi connectivity index (χ1) is 9.31. The van der Waals surface area contributed by atoms with Crippen LogP contribution in [0.3, 0.4) is 0 Å². The van der Waals surface area contributed by atoms with Gasteiger partial charge in [0, 0.05) is 15.2 Å². The Kier molecular flexibility index (Phi) is 5.00. The third kappa shape index (κ3) is 3.14. The van der Waals surface area contributed by atoms with Crippen LogP contribution in [-0.2, 0) is 4.79 Å². The van der Waals surface area contributed by atoms with Gasteiger partial charge in [0.25, 0.3) is 11.1 Å². The molecule has 1 saturated heterocycles. The van der Waals surface area contributed by atoms with Crippen LogP contribution in [0.5, 0.6) is 5.75 Å². The molecule has 7 heteroatoms. The number of benzene rings is 1. The maximum atomic E-state index is 12.2. The summed E-state index contributed by atoms with van der Waals surface area (Å²) in [4.78, 5) is 25.6. The Labute approximate surface area is 148 Å². The van der Waals surface area contributed by atoms with E-state index in [1.165, 1.54) is 4.90 Å². The van der Waals surface area contributed by atoms with E-state index in [1.54, 1.807) is 26.0 Å². The van der Waals surface area contributed by atoms with Crippen LogP contribution in [0.4, 0.5) is 4.79 Å². The van der Waals surface area contributed by atoms with E-state index < -0.39 is 0 Å². The maximum absolute atomic E-state index is 12.2. The van der Waals surface area contributed by atoms with Gasteiger partial charge in [-0.15, -0.1) is 0 Å². The lowest BCUT2D eigenvalue weighted by Crippen LogP contribution is -2.34. The minimum absolute atomic E-state index is 0.127. The van der Waals surface area contributed by atoms with Gasteiger partial charge in [-0.3, -0.25) is 14.5 Å². The Morgan fingerprint density at radius 1 is 1.30 bits per heavy atom. The molecule has 0 bridgehead atoms. The van der Waals surface area contributed by atoms with Gasteiger partial charge in [-0.2, -0.15) is 0 Å². The lowest BCUT2D eigenvalue weighted by molar-refractivity contribution is -0.123. The lowest BCUT2D eigenvalue weighted by atomic mass is 10.2. The smallest absolute Gasteiger partial charge is 0.293 e. The van der Waals surface area contributed by atoms with Gasteiger partial charge >= 0.3 is 0 Å².